The third-order valence-electron chi connectivity index (χ3n) is 3.44. The topological polar surface area (TPSA) is 34.4 Å². The van der Waals surface area contributed by atoms with E-state index in [-0.39, 0.29) is 0 Å². The number of rotatable bonds is 6. The summed E-state index contributed by atoms with van der Waals surface area (Å²) in [4.78, 5) is 0. The minimum absolute atomic E-state index is 0.510. The van der Waals surface area contributed by atoms with Crippen molar-refractivity contribution in [2.45, 2.75) is 51.7 Å². The first-order chi connectivity index (χ1) is 8.36. The van der Waals surface area contributed by atoms with Crippen molar-refractivity contribution in [1.82, 2.24) is 5.32 Å². The van der Waals surface area contributed by atoms with E-state index in [1.54, 1.807) is 6.26 Å². The molecule has 2 rings (SSSR count). The van der Waals surface area contributed by atoms with Gasteiger partial charge in [0.15, 0.2) is 0 Å². The van der Waals surface area contributed by atoms with Gasteiger partial charge in [0, 0.05) is 6.54 Å². The Kier molecular flexibility index (Phi) is 5.08. The minimum atomic E-state index is 0.510. The highest BCUT2D eigenvalue weighted by molar-refractivity contribution is 5.13. The summed E-state index contributed by atoms with van der Waals surface area (Å²) in [6.07, 6.45) is 8.80. The molecule has 0 radical (unpaired) electrons. The average Bonchev–Trinajstić information content (AvgIpc) is 2.76. The van der Waals surface area contributed by atoms with Crippen molar-refractivity contribution in [1.29, 1.82) is 0 Å². The second kappa shape index (κ2) is 6.82. The van der Waals surface area contributed by atoms with Crippen LogP contribution in [0.25, 0.3) is 0 Å². The van der Waals surface area contributed by atoms with E-state index in [0.717, 1.165) is 25.5 Å². The zero-order chi connectivity index (χ0) is 11.9. The zero-order valence-electron chi connectivity index (χ0n) is 10.7. The Morgan fingerprint density at radius 3 is 2.88 bits per heavy atom. The van der Waals surface area contributed by atoms with E-state index in [1.165, 1.54) is 37.7 Å². The van der Waals surface area contributed by atoms with Gasteiger partial charge in [0.05, 0.1) is 25.5 Å². The molecule has 1 fully saturated rings. The van der Waals surface area contributed by atoms with Gasteiger partial charge in [-0.05, 0) is 31.4 Å². The van der Waals surface area contributed by atoms with Crippen molar-refractivity contribution in [3.63, 3.8) is 0 Å². The molecule has 1 aliphatic rings. The smallest absolute Gasteiger partial charge is 0.120 e. The Balaban J connectivity index is 1.53. The second-order valence-corrected chi connectivity index (χ2v) is 4.83. The van der Waals surface area contributed by atoms with Crippen LogP contribution in [-0.2, 0) is 11.3 Å². The molecule has 0 saturated heterocycles. The van der Waals surface area contributed by atoms with Crippen LogP contribution in [0.4, 0.5) is 0 Å². The molecule has 96 valence electrons. The van der Waals surface area contributed by atoms with E-state index in [4.69, 9.17) is 9.15 Å². The number of ether oxygens (including phenoxy) is 1. The predicted octanol–water partition coefficient (Wildman–Crippen LogP) is 3.03. The first-order valence-corrected chi connectivity index (χ1v) is 6.71. The lowest BCUT2D eigenvalue weighted by atomic mass is 9.98. The van der Waals surface area contributed by atoms with Crippen molar-refractivity contribution in [2.75, 3.05) is 13.2 Å². The maximum atomic E-state index is 5.84. The number of hydrogen-bond acceptors (Lipinski definition) is 3. The fourth-order valence-electron chi connectivity index (χ4n) is 2.32. The van der Waals surface area contributed by atoms with Gasteiger partial charge in [0.2, 0.25) is 0 Å². The molecule has 1 aromatic heterocycles. The van der Waals surface area contributed by atoms with Crippen molar-refractivity contribution in [3.8, 4) is 0 Å². The van der Waals surface area contributed by atoms with Crippen LogP contribution >= 0.6 is 0 Å². The molecule has 1 saturated carbocycles. The highest BCUT2D eigenvalue weighted by Gasteiger charge is 2.12. The maximum Gasteiger partial charge on any atom is 0.120 e. The lowest BCUT2D eigenvalue weighted by Crippen LogP contribution is -2.24. The van der Waals surface area contributed by atoms with E-state index in [1.807, 2.05) is 6.07 Å². The third-order valence-corrected chi connectivity index (χ3v) is 3.44. The highest BCUT2D eigenvalue weighted by Crippen LogP contribution is 2.19. The van der Waals surface area contributed by atoms with Crippen molar-refractivity contribution in [2.24, 2.45) is 0 Å². The summed E-state index contributed by atoms with van der Waals surface area (Å²) in [5, 5.41) is 3.35. The van der Waals surface area contributed by atoms with Crippen molar-refractivity contribution < 1.29 is 9.15 Å². The lowest BCUT2D eigenvalue weighted by Gasteiger charge is -2.21. The Morgan fingerprint density at radius 1 is 1.35 bits per heavy atom. The SMILES string of the molecule is Cc1ccoc1CNCCOC1CCCCC1. The van der Waals surface area contributed by atoms with Gasteiger partial charge in [-0.3, -0.25) is 0 Å². The van der Waals surface area contributed by atoms with Gasteiger partial charge < -0.3 is 14.5 Å². The number of aryl methyl sites for hydroxylation is 1. The first-order valence-electron chi connectivity index (χ1n) is 6.71. The zero-order valence-corrected chi connectivity index (χ0v) is 10.7. The summed E-state index contributed by atoms with van der Waals surface area (Å²) in [6, 6.07) is 2.00. The molecule has 1 aliphatic carbocycles. The molecule has 3 nitrogen and oxygen atoms in total. The van der Waals surface area contributed by atoms with Crippen LogP contribution in [0.3, 0.4) is 0 Å². The summed E-state index contributed by atoms with van der Waals surface area (Å²) < 4.78 is 11.2. The Labute approximate surface area is 104 Å². The van der Waals surface area contributed by atoms with Crippen LogP contribution in [0, 0.1) is 6.92 Å². The monoisotopic (exact) mass is 237 g/mol. The molecule has 0 spiro atoms. The van der Waals surface area contributed by atoms with Crippen LogP contribution in [0.5, 0.6) is 0 Å². The standard InChI is InChI=1S/C14H23NO2/c1-12-7-9-17-14(12)11-15-8-10-16-13-5-3-2-4-6-13/h7,9,13,15H,2-6,8,10-11H2,1H3. The van der Waals surface area contributed by atoms with Gasteiger partial charge >= 0.3 is 0 Å². The number of furan rings is 1. The molecular weight excluding hydrogens is 214 g/mol. The predicted molar refractivity (Wildman–Crippen MR) is 68.0 cm³/mol. The van der Waals surface area contributed by atoms with Gasteiger partial charge in [-0.1, -0.05) is 19.3 Å². The molecule has 3 heteroatoms. The van der Waals surface area contributed by atoms with Crippen molar-refractivity contribution in [3.05, 3.63) is 23.7 Å². The quantitative estimate of drug-likeness (QED) is 0.772. The fraction of sp³-hybridized carbons (Fsp3) is 0.714. The highest BCUT2D eigenvalue weighted by atomic mass is 16.5. The van der Waals surface area contributed by atoms with Crippen LogP contribution in [0.2, 0.25) is 0 Å². The van der Waals surface area contributed by atoms with Gasteiger partial charge in [0.25, 0.3) is 0 Å². The fourth-order valence-corrected chi connectivity index (χ4v) is 2.32. The van der Waals surface area contributed by atoms with E-state index < -0.39 is 0 Å². The van der Waals surface area contributed by atoms with Gasteiger partial charge in [-0.25, -0.2) is 0 Å². The molecule has 1 N–H and O–H groups in total. The Bertz CT molecular complexity index is 316. The molecule has 1 heterocycles. The lowest BCUT2D eigenvalue weighted by molar-refractivity contribution is 0.0301. The number of nitrogens with one attached hydrogen (secondary N) is 1. The van der Waals surface area contributed by atoms with E-state index in [2.05, 4.69) is 12.2 Å². The largest absolute Gasteiger partial charge is 0.468 e. The molecule has 0 aromatic carbocycles. The second-order valence-electron chi connectivity index (χ2n) is 4.83. The van der Waals surface area contributed by atoms with Gasteiger partial charge in [-0.2, -0.15) is 0 Å². The normalized spacial score (nSPS) is 17.5. The molecular formula is C14H23NO2. The third kappa shape index (κ3) is 4.17. The van der Waals surface area contributed by atoms with Crippen LogP contribution in [-0.4, -0.2) is 19.3 Å². The minimum Gasteiger partial charge on any atom is -0.468 e. The van der Waals surface area contributed by atoms with Crippen molar-refractivity contribution >= 4 is 0 Å². The first kappa shape index (κ1) is 12.7. The Morgan fingerprint density at radius 2 is 2.18 bits per heavy atom. The van der Waals surface area contributed by atoms with E-state index in [0.29, 0.717) is 6.10 Å². The van der Waals surface area contributed by atoms with Gasteiger partial charge in [0.1, 0.15) is 5.76 Å². The summed E-state index contributed by atoms with van der Waals surface area (Å²) in [5.74, 6) is 1.03. The molecule has 1 aromatic rings. The summed E-state index contributed by atoms with van der Waals surface area (Å²) in [7, 11) is 0. The van der Waals surface area contributed by atoms with Crippen LogP contribution < -0.4 is 5.32 Å². The van der Waals surface area contributed by atoms with Crippen LogP contribution in [0.1, 0.15) is 43.4 Å². The molecule has 0 unspecified atom stereocenters. The summed E-state index contributed by atoms with van der Waals surface area (Å²) >= 11 is 0. The Hall–Kier alpha value is -0.800. The molecule has 0 bridgehead atoms. The van der Waals surface area contributed by atoms with Gasteiger partial charge in [-0.15, -0.1) is 0 Å². The summed E-state index contributed by atoms with van der Waals surface area (Å²) in [5.41, 5.74) is 1.21. The molecule has 0 amide bonds. The average molecular weight is 237 g/mol. The van der Waals surface area contributed by atoms with Crippen LogP contribution in [0.15, 0.2) is 16.7 Å². The number of hydrogen-bond donors (Lipinski definition) is 1. The summed E-state index contributed by atoms with van der Waals surface area (Å²) in [6.45, 7) is 4.58. The molecule has 0 atom stereocenters. The van der Waals surface area contributed by atoms with E-state index in [9.17, 15) is 0 Å². The molecule has 17 heavy (non-hydrogen) atoms. The molecule has 0 aliphatic heterocycles. The maximum absolute atomic E-state index is 5.84. The van der Waals surface area contributed by atoms with E-state index >= 15 is 0 Å².